The average Bonchev–Trinajstić information content (AvgIpc) is 3.02. The maximum Gasteiger partial charge on any atom is 0.159 e. The first-order valence-corrected chi connectivity index (χ1v) is 8.77. The predicted molar refractivity (Wildman–Crippen MR) is 91.4 cm³/mol. The van der Waals surface area contributed by atoms with Gasteiger partial charge in [-0.2, -0.15) is 0 Å². The quantitative estimate of drug-likeness (QED) is 0.850. The van der Waals surface area contributed by atoms with E-state index in [2.05, 4.69) is 55.8 Å². The molecular formula is C18H25N5O. The molecule has 0 unspecified atom stereocenters. The minimum atomic E-state index is 0.595. The average molecular weight is 327 g/mol. The Morgan fingerprint density at radius 1 is 0.917 bits per heavy atom. The van der Waals surface area contributed by atoms with Gasteiger partial charge in [-0.1, -0.05) is 29.8 Å². The zero-order valence-corrected chi connectivity index (χ0v) is 14.3. The van der Waals surface area contributed by atoms with Crippen molar-refractivity contribution in [2.45, 2.75) is 33.2 Å². The normalized spacial score (nSPS) is 19.4. The number of aromatic nitrogens is 3. The summed E-state index contributed by atoms with van der Waals surface area (Å²) in [5.41, 5.74) is 2.73. The Bertz CT molecular complexity index is 673. The minimum Gasteiger partial charge on any atom is -0.372 e. The van der Waals surface area contributed by atoms with Gasteiger partial charge in [0.05, 0.1) is 13.2 Å². The van der Waals surface area contributed by atoms with Crippen LogP contribution in [0.1, 0.15) is 22.8 Å². The summed E-state index contributed by atoms with van der Waals surface area (Å²) in [5, 5.41) is 8.62. The number of hydrogen-bond donors (Lipinski definition) is 0. The zero-order valence-electron chi connectivity index (χ0n) is 14.3. The van der Waals surface area contributed by atoms with Gasteiger partial charge in [-0.05, 0) is 12.5 Å². The number of fused-ring (bicyclic) bond motifs is 1. The Balaban J connectivity index is 1.30. The van der Waals surface area contributed by atoms with Gasteiger partial charge in [0.2, 0.25) is 0 Å². The monoisotopic (exact) mass is 327 g/mol. The van der Waals surface area contributed by atoms with E-state index in [-0.39, 0.29) is 0 Å². The smallest absolute Gasteiger partial charge is 0.159 e. The highest BCUT2D eigenvalue weighted by Gasteiger charge is 2.21. The largest absolute Gasteiger partial charge is 0.372 e. The van der Waals surface area contributed by atoms with Crippen LogP contribution >= 0.6 is 0 Å². The lowest BCUT2D eigenvalue weighted by molar-refractivity contribution is 0.0777. The van der Waals surface area contributed by atoms with Crippen molar-refractivity contribution in [3.63, 3.8) is 0 Å². The van der Waals surface area contributed by atoms with Crippen molar-refractivity contribution in [2.24, 2.45) is 0 Å². The molecule has 2 aliphatic heterocycles. The topological polar surface area (TPSA) is 46.4 Å². The van der Waals surface area contributed by atoms with Crippen molar-refractivity contribution >= 4 is 0 Å². The highest BCUT2D eigenvalue weighted by atomic mass is 16.5. The molecule has 0 saturated carbocycles. The summed E-state index contributed by atoms with van der Waals surface area (Å²) >= 11 is 0. The molecule has 3 heterocycles. The van der Waals surface area contributed by atoms with Gasteiger partial charge in [0.1, 0.15) is 12.4 Å². The number of hydrogen-bond acceptors (Lipinski definition) is 5. The molecule has 6 nitrogen and oxygen atoms in total. The summed E-state index contributed by atoms with van der Waals surface area (Å²) in [6.45, 7) is 10.7. The molecule has 2 aromatic rings. The molecule has 1 fully saturated rings. The second-order valence-electron chi connectivity index (χ2n) is 6.77. The van der Waals surface area contributed by atoms with Crippen LogP contribution < -0.4 is 0 Å². The first-order valence-electron chi connectivity index (χ1n) is 8.77. The zero-order chi connectivity index (χ0) is 16.4. The second kappa shape index (κ2) is 7.01. The molecule has 0 spiro atoms. The van der Waals surface area contributed by atoms with E-state index in [1.165, 1.54) is 11.1 Å². The Morgan fingerprint density at radius 2 is 1.62 bits per heavy atom. The summed E-state index contributed by atoms with van der Waals surface area (Å²) in [4.78, 5) is 5.02. The van der Waals surface area contributed by atoms with E-state index in [0.717, 1.165) is 64.1 Å². The van der Waals surface area contributed by atoms with E-state index in [0.29, 0.717) is 6.61 Å². The SMILES string of the molecule is Cc1ccc(CN2CCN(Cc3nnc4n3CCOC4)CC2)cc1. The van der Waals surface area contributed by atoms with Crippen LogP contribution in [0.5, 0.6) is 0 Å². The highest BCUT2D eigenvalue weighted by molar-refractivity contribution is 5.21. The minimum absolute atomic E-state index is 0.595. The van der Waals surface area contributed by atoms with Gasteiger partial charge in [0, 0.05) is 39.3 Å². The van der Waals surface area contributed by atoms with Gasteiger partial charge in [-0.15, -0.1) is 10.2 Å². The molecular weight excluding hydrogens is 302 g/mol. The number of aryl methyl sites for hydroxylation is 1. The van der Waals surface area contributed by atoms with E-state index < -0.39 is 0 Å². The fraction of sp³-hybridized carbons (Fsp3) is 0.556. The molecule has 2 aliphatic rings. The third-order valence-electron chi connectivity index (χ3n) is 4.95. The lowest BCUT2D eigenvalue weighted by atomic mass is 10.1. The summed E-state index contributed by atoms with van der Waals surface area (Å²) in [6.07, 6.45) is 0. The van der Waals surface area contributed by atoms with E-state index in [1.54, 1.807) is 0 Å². The van der Waals surface area contributed by atoms with Crippen LogP contribution in [0.4, 0.5) is 0 Å². The van der Waals surface area contributed by atoms with Gasteiger partial charge >= 0.3 is 0 Å². The molecule has 0 bridgehead atoms. The molecule has 1 aromatic carbocycles. The molecule has 4 rings (SSSR count). The van der Waals surface area contributed by atoms with E-state index in [4.69, 9.17) is 4.74 Å². The lowest BCUT2D eigenvalue weighted by Crippen LogP contribution is -2.45. The summed E-state index contributed by atoms with van der Waals surface area (Å²) in [6, 6.07) is 8.88. The third-order valence-corrected chi connectivity index (χ3v) is 4.95. The summed E-state index contributed by atoms with van der Waals surface area (Å²) in [5.74, 6) is 2.05. The Hall–Kier alpha value is -1.76. The van der Waals surface area contributed by atoms with Gasteiger partial charge in [-0.3, -0.25) is 9.80 Å². The van der Waals surface area contributed by atoms with Gasteiger partial charge < -0.3 is 9.30 Å². The molecule has 0 atom stereocenters. The Kier molecular flexibility index (Phi) is 4.60. The van der Waals surface area contributed by atoms with Gasteiger partial charge in [-0.25, -0.2) is 0 Å². The van der Waals surface area contributed by atoms with Crippen molar-refractivity contribution in [3.8, 4) is 0 Å². The molecule has 0 radical (unpaired) electrons. The van der Waals surface area contributed by atoms with Crippen LogP contribution in [0.15, 0.2) is 24.3 Å². The van der Waals surface area contributed by atoms with Crippen LogP contribution in [-0.4, -0.2) is 57.4 Å². The highest BCUT2D eigenvalue weighted by Crippen LogP contribution is 2.14. The van der Waals surface area contributed by atoms with Gasteiger partial charge in [0.25, 0.3) is 0 Å². The van der Waals surface area contributed by atoms with Crippen LogP contribution in [0.25, 0.3) is 0 Å². The van der Waals surface area contributed by atoms with Crippen molar-refractivity contribution in [2.75, 3.05) is 32.8 Å². The Labute approximate surface area is 143 Å². The molecule has 6 heteroatoms. The molecule has 0 N–H and O–H groups in total. The van der Waals surface area contributed by atoms with E-state index in [1.807, 2.05) is 0 Å². The maximum atomic E-state index is 5.43. The van der Waals surface area contributed by atoms with Gasteiger partial charge in [0.15, 0.2) is 5.82 Å². The lowest BCUT2D eigenvalue weighted by Gasteiger charge is -2.34. The third kappa shape index (κ3) is 3.50. The van der Waals surface area contributed by atoms with Crippen LogP contribution in [-0.2, 0) is 31.0 Å². The molecule has 1 saturated heterocycles. The fourth-order valence-corrected chi connectivity index (χ4v) is 3.43. The number of rotatable bonds is 4. The van der Waals surface area contributed by atoms with Crippen molar-refractivity contribution in [1.82, 2.24) is 24.6 Å². The van der Waals surface area contributed by atoms with Crippen LogP contribution in [0.3, 0.4) is 0 Å². The van der Waals surface area contributed by atoms with E-state index >= 15 is 0 Å². The van der Waals surface area contributed by atoms with Crippen LogP contribution in [0, 0.1) is 6.92 Å². The Morgan fingerprint density at radius 3 is 2.38 bits per heavy atom. The summed E-state index contributed by atoms with van der Waals surface area (Å²) < 4.78 is 7.66. The molecule has 128 valence electrons. The standard InChI is InChI=1S/C18H25N5O/c1-15-2-4-16(5-3-15)12-21-6-8-22(9-7-21)13-17-19-20-18-14-24-11-10-23(17)18/h2-5H,6-14H2,1H3. The summed E-state index contributed by atoms with van der Waals surface area (Å²) in [7, 11) is 0. The second-order valence-corrected chi connectivity index (χ2v) is 6.77. The maximum absolute atomic E-state index is 5.43. The van der Waals surface area contributed by atoms with Crippen molar-refractivity contribution in [3.05, 3.63) is 47.0 Å². The predicted octanol–water partition coefficient (Wildman–Crippen LogP) is 1.43. The first-order chi connectivity index (χ1) is 11.8. The molecule has 1 aromatic heterocycles. The number of nitrogens with zero attached hydrogens (tertiary/aromatic N) is 5. The number of ether oxygens (including phenoxy) is 1. The number of piperazine rings is 1. The van der Waals surface area contributed by atoms with Crippen molar-refractivity contribution in [1.29, 1.82) is 0 Å². The first kappa shape index (κ1) is 15.7. The number of benzene rings is 1. The molecule has 24 heavy (non-hydrogen) atoms. The van der Waals surface area contributed by atoms with Crippen LogP contribution in [0.2, 0.25) is 0 Å². The van der Waals surface area contributed by atoms with Crippen molar-refractivity contribution < 1.29 is 4.74 Å². The van der Waals surface area contributed by atoms with E-state index in [9.17, 15) is 0 Å². The fourth-order valence-electron chi connectivity index (χ4n) is 3.43. The molecule has 0 aliphatic carbocycles. The molecule has 0 amide bonds.